The highest BCUT2D eigenvalue weighted by Gasteiger charge is 2.31. The van der Waals surface area contributed by atoms with E-state index in [9.17, 15) is 28.8 Å². The molecule has 0 fully saturated rings. The van der Waals surface area contributed by atoms with E-state index in [0.717, 1.165) is 0 Å². The van der Waals surface area contributed by atoms with Gasteiger partial charge in [-0.1, -0.05) is 0 Å². The zero-order valence-electron chi connectivity index (χ0n) is 17.3. The highest BCUT2D eigenvalue weighted by atomic mass is 32.1. The molecule has 0 radical (unpaired) electrons. The number of thiol groups is 1. The van der Waals surface area contributed by atoms with Crippen LogP contribution in [0.2, 0.25) is 0 Å². The van der Waals surface area contributed by atoms with E-state index in [1.54, 1.807) is 0 Å². The Labute approximate surface area is 189 Å². The fourth-order valence-corrected chi connectivity index (χ4v) is 2.62. The number of rotatable bonds is 16. The van der Waals surface area contributed by atoms with Gasteiger partial charge in [0.15, 0.2) is 0 Å². The summed E-state index contributed by atoms with van der Waals surface area (Å²) in [4.78, 5) is 70.5. The Balaban J connectivity index is 5.49. The third-order valence-electron chi connectivity index (χ3n) is 4.14. The van der Waals surface area contributed by atoms with E-state index in [-0.39, 0.29) is 12.2 Å². The number of unbranched alkanes of at least 4 members (excludes halogenated alkanes) is 1. The van der Waals surface area contributed by atoms with Gasteiger partial charge in [-0.05, 0) is 25.8 Å². The molecule has 182 valence electrons. The van der Waals surface area contributed by atoms with Crippen molar-refractivity contribution in [2.75, 3.05) is 12.3 Å². The number of primary amides is 1. The Hall–Kier alpha value is -2.91. The standard InChI is InChI=1S/C17H30N6O8S/c18-4-2-1-3-9(21-14(27)8(19)7-32)15(28)22-10(6-13(25)26)16(29)23-11(17(30)31)5-12(20)24/h8-11,32H,1-7,18-19H2,(H2,20,24)(H,21,27)(H,22,28)(H,23,29)(H,25,26)(H,30,31). The second-order valence-corrected chi connectivity index (χ2v) is 7.23. The molecule has 0 aromatic carbocycles. The summed E-state index contributed by atoms with van der Waals surface area (Å²) < 4.78 is 0. The zero-order valence-corrected chi connectivity index (χ0v) is 18.2. The molecule has 0 aliphatic heterocycles. The predicted molar refractivity (Wildman–Crippen MR) is 114 cm³/mol. The van der Waals surface area contributed by atoms with E-state index >= 15 is 0 Å². The average Bonchev–Trinajstić information content (AvgIpc) is 2.70. The maximum absolute atomic E-state index is 12.7. The van der Waals surface area contributed by atoms with Crippen LogP contribution in [0.3, 0.4) is 0 Å². The molecule has 4 unspecified atom stereocenters. The second-order valence-electron chi connectivity index (χ2n) is 6.86. The van der Waals surface area contributed by atoms with Crippen molar-refractivity contribution in [3.8, 4) is 0 Å². The molecule has 0 aliphatic carbocycles. The molecule has 4 amide bonds. The lowest BCUT2D eigenvalue weighted by Gasteiger charge is -2.24. The molecule has 14 nitrogen and oxygen atoms in total. The van der Waals surface area contributed by atoms with Gasteiger partial charge in [0.25, 0.3) is 0 Å². The number of carbonyl (C=O) groups excluding carboxylic acids is 4. The van der Waals surface area contributed by atoms with Crippen molar-refractivity contribution >= 4 is 48.2 Å². The smallest absolute Gasteiger partial charge is 0.326 e. The number of aliphatic carboxylic acids is 2. The molecule has 0 aromatic heterocycles. The Morgan fingerprint density at radius 3 is 1.81 bits per heavy atom. The minimum atomic E-state index is -1.72. The summed E-state index contributed by atoms with van der Waals surface area (Å²) in [6.45, 7) is 0.332. The molecular weight excluding hydrogens is 448 g/mol. The Kier molecular flexibility index (Phi) is 13.6. The molecule has 0 rings (SSSR count). The number of nitrogens with one attached hydrogen (secondary N) is 3. The number of amides is 4. The summed E-state index contributed by atoms with van der Waals surface area (Å²) in [5, 5.41) is 24.7. The normalized spacial score (nSPS) is 14.3. The fourth-order valence-electron chi connectivity index (χ4n) is 2.45. The van der Waals surface area contributed by atoms with E-state index in [4.69, 9.17) is 27.4 Å². The SMILES string of the molecule is NCCCCC(NC(=O)C(N)CS)C(=O)NC(CC(=O)O)C(=O)NC(CC(N)=O)C(=O)O. The monoisotopic (exact) mass is 478 g/mol. The van der Waals surface area contributed by atoms with Crippen molar-refractivity contribution in [1.29, 1.82) is 0 Å². The number of carbonyl (C=O) groups is 6. The molecule has 15 heteroatoms. The van der Waals surface area contributed by atoms with E-state index in [2.05, 4.69) is 23.3 Å². The van der Waals surface area contributed by atoms with Gasteiger partial charge in [-0.2, -0.15) is 12.6 Å². The van der Waals surface area contributed by atoms with E-state index < -0.39 is 72.6 Å². The quantitative estimate of drug-likeness (QED) is 0.0773. The van der Waals surface area contributed by atoms with Crippen molar-refractivity contribution in [3.63, 3.8) is 0 Å². The molecule has 32 heavy (non-hydrogen) atoms. The van der Waals surface area contributed by atoms with Gasteiger partial charge in [-0.25, -0.2) is 4.79 Å². The summed E-state index contributed by atoms with van der Waals surface area (Å²) in [7, 11) is 0. The molecule has 0 saturated carbocycles. The minimum Gasteiger partial charge on any atom is -0.481 e. The first-order chi connectivity index (χ1) is 14.9. The van der Waals surface area contributed by atoms with Crippen LogP contribution in [0.15, 0.2) is 0 Å². The summed E-state index contributed by atoms with van der Waals surface area (Å²) in [5.41, 5.74) is 16.0. The van der Waals surface area contributed by atoms with Gasteiger partial charge in [-0.3, -0.25) is 24.0 Å². The first-order valence-corrected chi connectivity index (χ1v) is 10.3. The topological polar surface area (TPSA) is 257 Å². The van der Waals surface area contributed by atoms with Gasteiger partial charge >= 0.3 is 11.9 Å². The van der Waals surface area contributed by atoms with Gasteiger partial charge in [0.2, 0.25) is 23.6 Å². The van der Waals surface area contributed by atoms with Gasteiger partial charge < -0.3 is 43.4 Å². The molecule has 0 aliphatic rings. The molecule has 0 spiro atoms. The molecule has 0 saturated heterocycles. The maximum Gasteiger partial charge on any atom is 0.326 e. The van der Waals surface area contributed by atoms with Crippen LogP contribution in [0.25, 0.3) is 0 Å². The molecule has 0 bridgehead atoms. The van der Waals surface area contributed by atoms with Gasteiger partial charge in [0, 0.05) is 5.75 Å². The van der Waals surface area contributed by atoms with E-state index in [1.807, 2.05) is 5.32 Å². The number of hydrogen-bond acceptors (Lipinski definition) is 9. The predicted octanol–water partition coefficient (Wildman–Crippen LogP) is -3.74. The van der Waals surface area contributed by atoms with Crippen LogP contribution in [0.5, 0.6) is 0 Å². The first kappa shape index (κ1) is 29.1. The van der Waals surface area contributed by atoms with E-state index in [1.165, 1.54) is 0 Å². The molecule has 0 heterocycles. The van der Waals surface area contributed by atoms with Crippen LogP contribution in [0, 0.1) is 0 Å². The number of carboxylic acid groups (broad SMARTS) is 2. The number of carboxylic acids is 2. The lowest BCUT2D eigenvalue weighted by atomic mass is 10.1. The third-order valence-corrected chi connectivity index (χ3v) is 4.54. The van der Waals surface area contributed by atoms with Crippen molar-refractivity contribution in [3.05, 3.63) is 0 Å². The highest BCUT2D eigenvalue weighted by Crippen LogP contribution is 2.05. The second kappa shape index (κ2) is 15.0. The molecule has 11 N–H and O–H groups in total. The largest absolute Gasteiger partial charge is 0.481 e. The Bertz CT molecular complexity index is 707. The number of hydrogen-bond donors (Lipinski definition) is 9. The lowest BCUT2D eigenvalue weighted by Crippen LogP contribution is -2.57. The lowest BCUT2D eigenvalue weighted by molar-refractivity contribution is -0.144. The Morgan fingerprint density at radius 1 is 0.812 bits per heavy atom. The molecule has 4 atom stereocenters. The van der Waals surface area contributed by atoms with Crippen LogP contribution in [-0.2, 0) is 28.8 Å². The van der Waals surface area contributed by atoms with Crippen LogP contribution < -0.4 is 33.2 Å². The summed E-state index contributed by atoms with van der Waals surface area (Å²) >= 11 is 3.90. The van der Waals surface area contributed by atoms with Gasteiger partial charge in [0.05, 0.1) is 18.9 Å². The third kappa shape index (κ3) is 11.5. The Morgan fingerprint density at radius 2 is 1.34 bits per heavy atom. The van der Waals surface area contributed by atoms with Crippen molar-refractivity contribution < 1.29 is 39.0 Å². The maximum atomic E-state index is 12.7. The average molecular weight is 479 g/mol. The van der Waals surface area contributed by atoms with Crippen LogP contribution in [0.1, 0.15) is 32.1 Å². The first-order valence-electron chi connectivity index (χ1n) is 9.63. The summed E-state index contributed by atoms with van der Waals surface area (Å²) in [6, 6.07) is -5.58. The zero-order chi connectivity index (χ0) is 24.8. The van der Waals surface area contributed by atoms with Gasteiger partial charge in [0.1, 0.15) is 18.1 Å². The van der Waals surface area contributed by atoms with Crippen LogP contribution >= 0.6 is 12.6 Å². The summed E-state index contributed by atoms with van der Waals surface area (Å²) in [6.07, 6.45) is -0.547. The van der Waals surface area contributed by atoms with Crippen LogP contribution in [0.4, 0.5) is 0 Å². The minimum absolute atomic E-state index is 0.00343. The molecular formula is C17H30N6O8S. The van der Waals surface area contributed by atoms with Crippen molar-refractivity contribution in [2.24, 2.45) is 17.2 Å². The fraction of sp³-hybridized carbons (Fsp3) is 0.647. The highest BCUT2D eigenvalue weighted by molar-refractivity contribution is 7.80. The number of nitrogens with two attached hydrogens (primary N) is 3. The van der Waals surface area contributed by atoms with Gasteiger partial charge in [-0.15, -0.1) is 0 Å². The van der Waals surface area contributed by atoms with Crippen molar-refractivity contribution in [1.82, 2.24) is 16.0 Å². The van der Waals surface area contributed by atoms with E-state index in [0.29, 0.717) is 19.4 Å². The van der Waals surface area contributed by atoms with Crippen LogP contribution in [-0.4, -0.2) is 82.2 Å². The molecule has 0 aromatic rings. The summed E-state index contributed by atoms with van der Waals surface area (Å²) in [5.74, 6) is -6.78. The van der Waals surface area contributed by atoms with Crippen molar-refractivity contribution in [2.45, 2.75) is 56.3 Å².